The van der Waals surface area contributed by atoms with E-state index in [0.717, 1.165) is 13.2 Å². The average Bonchev–Trinajstić information content (AvgIpc) is 1.77. The highest BCUT2D eigenvalue weighted by atomic mass is 16.5. The van der Waals surface area contributed by atoms with E-state index in [0.29, 0.717) is 12.1 Å². The molecule has 0 aromatic carbocycles. The standard InChI is InChI=1S/C6H13NO/c1-5-6(2)8-4-3-7-5/h5-7H,3-4H2,1-2H3/t5-,6+/m0/s1. The molecule has 1 saturated heterocycles. The summed E-state index contributed by atoms with van der Waals surface area (Å²) in [5, 5.41) is 3.31. The van der Waals surface area contributed by atoms with Crippen LogP contribution in [-0.4, -0.2) is 25.3 Å². The molecule has 0 aromatic rings. The molecule has 0 amide bonds. The maximum atomic E-state index is 5.33. The van der Waals surface area contributed by atoms with Gasteiger partial charge in [0, 0.05) is 12.6 Å². The average molecular weight is 115 g/mol. The first kappa shape index (κ1) is 6.05. The van der Waals surface area contributed by atoms with Gasteiger partial charge in [-0.2, -0.15) is 0 Å². The van der Waals surface area contributed by atoms with Crippen LogP contribution in [0.15, 0.2) is 0 Å². The predicted octanol–water partition coefficient (Wildman–Crippen LogP) is 0.383. The highest BCUT2D eigenvalue weighted by Gasteiger charge is 2.15. The summed E-state index contributed by atoms with van der Waals surface area (Å²) < 4.78 is 5.33. The topological polar surface area (TPSA) is 21.3 Å². The summed E-state index contributed by atoms with van der Waals surface area (Å²) in [4.78, 5) is 0. The Hall–Kier alpha value is -0.0800. The van der Waals surface area contributed by atoms with Crippen molar-refractivity contribution >= 4 is 0 Å². The van der Waals surface area contributed by atoms with Gasteiger partial charge in [0.25, 0.3) is 0 Å². The number of rotatable bonds is 0. The summed E-state index contributed by atoms with van der Waals surface area (Å²) in [5.74, 6) is 0. The SMILES string of the molecule is C[C@@H]1NCCO[C@@H]1C. The Labute approximate surface area is 50.2 Å². The molecule has 0 unspecified atom stereocenters. The fraction of sp³-hybridized carbons (Fsp3) is 1.00. The van der Waals surface area contributed by atoms with Crippen LogP contribution in [0.4, 0.5) is 0 Å². The monoisotopic (exact) mass is 115 g/mol. The lowest BCUT2D eigenvalue weighted by atomic mass is 10.2. The van der Waals surface area contributed by atoms with E-state index in [2.05, 4.69) is 19.2 Å². The zero-order chi connectivity index (χ0) is 5.98. The number of ether oxygens (including phenoxy) is 1. The Morgan fingerprint density at radius 3 is 2.62 bits per heavy atom. The molecule has 1 rings (SSSR count). The Balaban J connectivity index is 2.28. The molecule has 2 atom stereocenters. The fourth-order valence-electron chi connectivity index (χ4n) is 0.842. The van der Waals surface area contributed by atoms with Gasteiger partial charge in [0.15, 0.2) is 0 Å². The first-order chi connectivity index (χ1) is 3.80. The van der Waals surface area contributed by atoms with Gasteiger partial charge < -0.3 is 10.1 Å². The van der Waals surface area contributed by atoms with Gasteiger partial charge in [-0.1, -0.05) is 0 Å². The summed E-state index contributed by atoms with van der Waals surface area (Å²) in [5.41, 5.74) is 0. The molecule has 1 N–H and O–H groups in total. The maximum Gasteiger partial charge on any atom is 0.0697 e. The van der Waals surface area contributed by atoms with Crippen LogP contribution >= 0.6 is 0 Å². The molecule has 0 radical (unpaired) electrons. The Kier molecular flexibility index (Phi) is 1.86. The van der Waals surface area contributed by atoms with Crippen LogP contribution in [0.2, 0.25) is 0 Å². The third-order valence-electron chi connectivity index (χ3n) is 1.65. The van der Waals surface area contributed by atoms with Gasteiger partial charge in [-0.05, 0) is 13.8 Å². The van der Waals surface area contributed by atoms with Crippen LogP contribution in [0.5, 0.6) is 0 Å². The van der Waals surface area contributed by atoms with Gasteiger partial charge in [0.1, 0.15) is 0 Å². The molecular formula is C6H13NO. The molecule has 0 aliphatic carbocycles. The molecule has 1 fully saturated rings. The zero-order valence-corrected chi connectivity index (χ0v) is 5.48. The predicted molar refractivity (Wildman–Crippen MR) is 32.9 cm³/mol. The molecule has 48 valence electrons. The molecule has 0 bridgehead atoms. The van der Waals surface area contributed by atoms with E-state index in [-0.39, 0.29) is 0 Å². The van der Waals surface area contributed by atoms with Crippen LogP contribution in [0.3, 0.4) is 0 Å². The van der Waals surface area contributed by atoms with Crippen LogP contribution in [0.1, 0.15) is 13.8 Å². The van der Waals surface area contributed by atoms with E-state index >= 15 is 0 Å². The van der Waals surface area contributed by atoms with Crippen molar-refractivity contribution in [2.45, 2.75) is 26.0 Å². The molecule has 8 heavy (non-hydrogen) atoms. The molecule has 1 aliphatic rings. The normalized spacial score (nSPS) is 39.8. The van der Waals surface area contributed by atoms with Crippen molar-refractivity contribution in [1.82, 2.24) is 5.32 Å². The second-order valence-corrected chi connectivity index (χ2v) is 2.32. The van der Waals surface area contributed by atoms with Gasteiger partial charge in [0.2, 0.25) is 0 Å². The summed E-state index contributed by atoms with van der Waals surface area (Å²) in [6, 6.07) is 0.531. The van der Waals surface area contributed by atoms with Gasteiger partial charge in [-0.25, -0.2) is 0 Å². The first-order valence-electron chi connectivity index (χ1n) is 3.15. The summed E-state index contributed by atoms with van der Waals surface area (Å²) in [6.07, 6.45) is 0.392. The minimum absolute atomic E-state index is 0.392. The van der Waals surface area contributed by atoms with Crippen LogP contribution in [-0.2, 0) is 4.74 Å². The van der Waals surface area contributed by atoms with E-state index in [1.54, 1.807) is 0 Å². The summed E-state index contributed by atoms with van der Waals surface area (Å²) >= 11 is 0. The zero-order valence-electron chi connectivity index (χ0n) is 5.48. The van der Waals surface area contributed by atoms with Crippen LogP contribution in [0.25, 0.3) is 0 Å². The molecule has 1 aliphatic heterocycles. The number of hydrogen-bond donors (Lipinski definition) is 1. The molecule has 0 spiro atoms. The molecule has 0 saturated carbocycles. The minimum Gasteiger partial charge on any atom is -0.376 e. The largest absolute Gasteiger partial charge is 0.376 e. The first-order valence-corrected chi connectivity index (χ1v) is 3.15. The van der Waals surface area contributed by atoms with Crippen molar-refractivity contribution in [2.24, 2.45) is 0 Å². The van der Waals surface area contributed by atoms with E-state index in [1.807, 2.05) is 0 Å². The molecule has 2 heteroatoms. The van der Waals surface area contributed by atoms with Gasteiger partial charge >= 0.3 is 0 Å². The summed E-state index contributed by atoms with van der Waals surface area (Å²) in [6.45, 7) is 6.11. The van der Waals surface area contributed by atoms with Crippen molar-refractivity contribution in [3.8, 4) is 0 Å². The third kappa shape index (κ3) is 1.20. The number of hydrogen-bond acceptors (Lipinski definition) is 2. The fourth-order valence-corrected chi connectivity index (χ4v) is 0.842. The van der Waals surface area contributed by atoms with Crippen LogP contribution < -0.4 is 5.32 Å². The number of nitrogens with one attached hydrogen (secondary N) is 1. The van der Waals surface area contributed by atoms with E-state index < -0.39 is 0 Å². The smallest absolute Gasteiger partial charge is 0.0697 e. The van der Waals surface area contributed by atoms with Crippen molar-refractivity contribution in [2.75, 3.05) is 13.2 Å². The Morgan fingerprint density at radius 1 is 1.50 bits per heavy atom. The van der Waals surface area contributed by atoms with Crippen molar-refractivity contribution in [3.63, 3.8) is 0 Å². The van der Waals surface area contributed by atoms with E-state index in [9.17, 15) is 0 Å². The minimum atomic E-state index is 0.392. The molecule has 1 heterocycles. The van der Waals surface area contributed by atoms with E-state index in [1.165, 1.54) is 0 Å². The highest BCUT2D eigenvalue weighted by Crippen LogP contribution is 2.00. The third-order valence-corrected chi connectivity index (χ3v) is 1.65. The molecule has 2 nitrogen and oxygen atoms in total. The van der Waals surface area contributed by atoms with Crippen molar-refractivity contribution in [3.05, 3.63) is 0 Å². The highest BCUT2D eigenvalue weighted by molar-refractivity contribution is 4.71. The lowest BCUT2D eigenvalue weighted by Gasteiger charge is -2.26. The van der Waals surface area contributed by atoms with Crippen LogP contribution in [0, 0.1) is 0 Å². The van der Waals surface area contributed by atoms with E-state index in [4.69, 9.17) is 4.74 Å². The number of morpholine rings is 1. The lowest BCUT2D eigenvalue weighted by molar-refractivity contribution is 0.0135. The summed E-state index contributed by atoms with van der Waals surface area (Å²) in [7, 11) is 0. The molecular weight excluding hydrogens is 102 g/mol. The maximum absolute atomic E-state index is 5.33. The quantitative estimate of drug-likeness (QED) is 0.493. The van der Waals surface area contributed by atoms with Gasteiger partial charge in [-0.3, -0.25) is 0 Å². The lowest BCUT2D eigenvalue weighted by Crippen LogP contribution is -2.44. The van der Waals surface area contributed by atoms with Crippen molar-refractivity contribution < 1.29 is 4.74 Å². The van der Waals surface area contributed by atoms with Gasteiger partial charge in [-0.15, -0.1) is 0 Å². The second kappa shape index (κ2) is 2.46. The van der Waals surface area contributed by atoms with Gasteiger partial charge in [0.05, 0.1) is 12.7 Å². The second-order valence-electron chi connectivity index (χ2n) is 2.32. The van der Waals surface area contributed by atoms with Crippen molar-refractivity contribution in [1.29, 1.82) is 0 Å². The Bertz CT molecular complexity index is 64.9. The Morgan fingerprint density at radius 2 is 2.25 bits per heavy atom. The molecule has 0 aromatic heterocycles.